The predicted octanol–water partition coefficient (Wildman–Crippen LogP) is 3.18. The quantitative estimate of drug-likeness (QED) is 0.501. The van der Waals surface area contributed by atoms with Crippen molar-refractivity contribution in [3.05, 3.63) is 34.9 Å². The minimum Gasteiger partial charge on any atom is -0.466 e. The zero-order valence-electron chi connectivity index (χ0n) is 21.6. The van der Waals surface area contributed by atoms with Crippen molar-refractivity contribution in [1.82, 2.24) is 15.5 Å². The van der Waals surface area contributed by atoms with Gasteiger partial charge in [-0.3, -0.25) is 14.4 Å². The number of amides is 3. The summed E-state index contributed by atoms with van der Waals surface area (Å²) < 4.78 is 10.1. The van der Waals surface area contributed by atoms with Gasteiger partial charge >= 0.3 is 12.1 Å². The van der Waals surface area contributed by atoms with Crippen LogP contribution in [0.5, 0.6) is 0 Å². The molecule has 1 aromatic rings. The Labute approximate surface area is 202 Å². The van der Waals surface area contributed by atoms with Crippen molar-refractivity contribution < 1.29 is 28.7 Å². The lowest BCUT2D eigenvalue weighted by Crippen LogP contribution is -2.51. The predicted molar refractivity (Wildman–Crippen MR) is 129 cm³/mol. The molecule has 0 saturated heterocycles. The highest BCUT2D eigenvalue weighted by Gasteiger charge is 2.35. The van der Waals surface area contributed by atoms with Gasteiger partial charge in [-0.05, 0) is 72.1 Å². The largest absolute Gasteiger partial charge is 0.466 e. The van der Waals surface area contributed by atoms with Crippen LogP contribution in [0.1, 0.15) is 70.7 Å². The lowest BCUT2D eigenvalue weighted by Gasteiger charge is -2.36. The third kappa shape index (κ3) is 9.03. The monoisotopic (exact) mass is 477 g/mol. The molecule has 0 aliphatic heterocycles. The van der Waals surface area contributed by atoms with Gasteiger partial charge in [0.25, 0.3) is 0 Å². The molecule has 0 fully saturated rings. The van der Waals surface area contributed by atoms with Gasteiger partial charge in [-0.1, -0.05) is 18.2 Å². The standard InChI is InChI=1S/C25H39N3O6/c1-9-33-20(30)13-14-26-23(31)22(21-17(4)11-10-12-18(21)5)28(16(2)3)19(29)15-27-24(32)34-25(6,7)8/h10-12,16,22H,9,13-15H2,1-8H3,(H,26,31)(H,27,32). The highest BCUT2D eigenvalue weighted by atomic mass is 16.6. The molecule has 0 aliphatic carbocycles. The molecule has 9 nitrogen and oxygen atoms in total. The van der Waals surface area contributed by atoms with Crippen LogP contribution in [0, 0.1) is 13.8 Å². The number of carbonyl (C=O) groups excluding carboxylic acids is 4. The van der Waals surface area contributed by atoms with Gasteiger partial charge in [0.1, 0.15) is 18.2 Å². The summed E-state index contributed by atoms with van der Waals surface area (Å²) in [7, 11) is 0. The molecule has 34 heavy (non-hydrogen) atoms. The first kappa shape index (κ1) is 28.9. The average Bonchev–Trinajstić information content (AvgIpc) is 2.69. The molecule has 3 amide bonds. The van der Waals surface area contributed by atoms with Crippen LogP contribution in [0.15, 0.2) is 18.2 Å². The molecule has 1 rings (SSSR count). The molecule has 2 N–H and O–H groups in total. The topological polar surface area (TPSA) is 114 Å². The van der Waals surface area contributed by atoms with Crippen LogP contribution in [-0.4, -0.2) is 60.1 Å². The van der Waals surface area contributed by atoms with Gasteiger partial charge in [0.05, 0.1) is 13.0 Å². The summed E-state index contributed by atoms with van der Waals surface area (Å²) >= 11 is 0. The minimum atomic E-state index is -0.948. The number of hydrogen-bond donors (Lipinski definition) is 2. The Bertz CT molecular complexity index is 856. The second kappa shape index (κ2) is 13.0. The maximum absolute atomic E-state index is 13.4. The molecule has 1 atom stereocenters. The third-order valence-electron chi connectivity index (χ3n) is 4.90. The van der Waals surface area contributed by atoms with E-state index in [1.165, 1.54) is 4.90 Å². The van der Waals surface area contributed by atoms with Crippen molar-refractivity contribution in [2.75, 3.05) is 19.7 Å². The van der Waals surface area contributed by atoms with E-state index < -0.39 is 35.5 Å². The number of hydrogen-bond acceptors (Lipinski definition) is 6. The number of benzene rings is 1. The zero-order valence-corrected chi connectivity index (χ0v) is 21.6. The number of nitrogens with zero attached hydrogens (tertiary/aromatic N) is 1. The smallest absolute Gasteiger partial charge is 0.408 e. The number of ether oxygens (including phenoxy) is 2. The van der Waals surface area contributed by atoms with Crippen LogP contribution >= 0.6 is 0 Å². The second-order valence-electron chi connectivity index (χ2n) is 9.30. The summed E-state index contributed by atoms with van der Waals surface area (Å²) in [5, 5.41) is 5.24. The van der Waals surface area contributed by atoms with Crippen LogP contribution in [0.4, 0.5) is 4.79 Å². The number of rotatable bonds is 10. The van der Waals surface area contributed by atoms with E-state index >= 15 is 0 Å². The summed E-state index contributed by atoms with van der Waals surface area (Å²) in [6.07, 6.45) is -0.693. The Hall–Kier alpha value is -3.10. The molecule has 0 heterocycles. The van der Waals surface area contributed by atoms with E-state index in [9.17, 15) is 19.2 Å². The van der Waals surface area contributed by atoms with Gasteiger partial charge in [-0.15, -0.1) is 0 Å². The summed E-state index contributed by atoms with van der Waals surface area (Å²) in [4.78, 5) is 51.9. The van der Waals surface area contributed by atoms with Crippen molar-refractivity contribution in [2.24, 2.45) is 0 Å². The summed E-state index contributed by atoms with van der Waals surface area (Å²) in [6, 6.07) is 4.34. The van der Waals surface area contributed by atoms with E-state index in [0.717, 1.165) is 11.1 Å². The first-order valence-corrected chi connectivity index (χ1v) is 11.6. The van der Waals surface area contributed by atoms with Gasteiger partial charge in [0.15, 0.2) is 0 Å². The van der Waals surface area contributed by atoms with Crippen molar-refractivity contribution in [1.29, 1.82) is 0 Å². The molecule has 0 saturated carbocycles. The summed E-state index contributed by atoms with van der Waals surface area (Å²) in [5.74, 6) is -1.26. The molecule has 1 unspecified atom stereocenters. The lowest BCUT2D eigenvalue weighted by atomic mass is 9.93. The van der Waals surface area contributed by atoms with Crippen LogP contribution in [-0.2, 0) is 23.9 Å². The summed E-state index contributed by atoms with van der Waals surface area (Å²) in [5.41, 5.74) is 1.70. The molecule has 9 heteroatoms. The first-order chi connectivity index (χ1) is 15.8. The minimum absolute atomic E-state index is 0.0227. The fourth-order valence-corrected chi connectivity index (χ4v) is 3.56. The highest BCUT2D eigenvalue weighted by molar-refractivity contribution is 5.91. The number of nitrogens with one attached hydrogen (secondary N) is 2. The fourth-order valence-electron chi connectivity index (χ4n) is 3.56. The number of alkyl carbamates (subject to hydrolysis) is 1. The number of aryl methyl sites for hydroxylation is 2. The maximum Gasteiger partial charge on any atom is 0.408 e. The molecule has 190 valence electrons. The molecule has 0 radical (unpaired) electrons. The number of carbonyl (C=O) groups is 4. The van der Waals surface area contributed by atoms with E-state index in [1.54, 1.807) is 41.5 Å². The Balaban J connectivity index is 3.20. The second-order valence-corrected chi connectivity index (χ2v) is 9.30. The van der Waals surface area contributed by atoms with E-state index in [1.807, 2.05) is 32.0 Å². The van der Waals surface area contributed by atoms with E-state index in [4.69, 9.17) is 9.47 Å². The van der Waals surface area contributed by atoms with Crippen molar-refractivity contribution >= 4 is 23.9 Å². The van der Waals surface area contributed by atoms with E-state index in [0.29, 0.717) is 5.56 Å². The van der Waals surface area contributed by atoms with Crippen LogP contribution in [0.2, 0.25) is 0 Å². The zero-order chi connectivity index (χ0) is 26.1. The lowest BCUT2D eigenvalue weighted by molar-refractivity contribution is -0.144. The number of esters is 1. The van der Waals surface area contributed by atoms with Gasteiger partial charge < -0.3 is 25.0 Å². The molecular weight excluding hydrogens is 438 g/mol. The Morgan fingerprint density at radius 2 is 1.62 bits per heavy atom. The van der Waals surface area contributed by atoms with Gasteiger partial charge in [-0.25, -0.2) is 4.79 Å². The van der Waals surface area contributed by atoms with Crippen molar-refractivity contribution in [2.45, 2.75) is 79.5 Å². The molecule has 0 bridgehead atoms. The molecule has 0 aromatic heterocycles. The molecule has 0 spiro atoms. The van der Waals surface area contributed by atoms with Gasteiger partial charge in [0, 0.05) is 12.6 Å². The van der Waals surface area contributed by atoms with Crippen LogP contribution in [0.3, 0.4) is 0 Å². The Morgan fingerprint density at radius 1 is 1.03 bits per heavy atom. The van der Waals surface area contributed by atoms with Gasteiger partial charge in [0.2, 0.25) is 11.8 Å². The Kier molecular flexibility index (Phi) is 11.0. The maximum atomic E-state index is 13.4. The van der Waals surface area contributed by atoms with E-state index in [2.05, 4.69) is 10.6 Å². The highest BCUT2D eigenvalue weighted by Crippen LogP contribution is 2.29. The molecule has 1 aromatic carbocycles. The van der Waals surface area contributed by atoms with Crippen molar-refractivity contribution in [3.8, 4) is 0 Å². The SMILES string of the molecule is CCOC(=O)CCNC(=O)C(c1c(C)cccc1C)N(C(=O)CNC(=O)OC(C)(C)C)C(C)C. The van der Waals surface area contributed by atoms with Crippen molar-refractivity contribution in [3.63, 3.8) is 0 Å². The average molecular weight is 478 g/mol. The first-order valence-electron chi connectivity index (χ1n) is 11.6. The van der Waals surface area contributed by atoms with Crippen LogP contribution < -0.4 is 10.6 Å². The molecule has 0 aliphatic rings. The fraction of sp³-hybridized carbons (Fsp3) is 0.600. The van der Waals surface area contributed by atoms with Crippen LogP contribution in [0.25, 0.3) is 0 Å². The van der Waals surface area contributed by atoms with E-state index in [-0.39, 0.29) is 32.2 Å². The summed E-state index contributed by atoms with van der Waals surface area (Å²) in [6.45, 7) is 14.3. The molecular formula is C25H39N3O6. The third-order valence-corrected chi connectivity index (χ3v) is 4.90. The normalized spacial score (nSPS) is 12.0. The van der Waals surface area contributed by atoms with Gasteiger partial charge in [-0.2, -0.15) is 0 Å². The Morgan fingerprint density at radius 3 is 2.12 bits per heavy atom.